The molecule has 0 heterocycles. The smallest absolute Gasteiger partial charge is 0.0340 e. The Balaban J connectivity index is 1.83. The molecule has 0 aliphatic carbocycles. The van der Waals surface area contributed by atoms with Gasteiger partial charge in [-0.25, -0.2) is 0 Å². The zero-order valence-corrected chi connectivity index (χ0v) is 10.5. The third kappa shape index (κ3) is 3.63. The predicted octanol–water partition coefficient (Wildman–Crippen LogP) is 3.96. The number of hydrogen-bond acceptors (Lipinski definition) is 1. The van der Waals surface area contributed by atoms with Gasteiger partial charge in [0, 0.05) is 12.2 Å². The molecule has 0 amide bonds. The first-order chi connectivity index (χ1) is 8.24. The number of hydrogen-bond donors (Lipinski definition) is 1. The number of rotatable bonds is 4. The molecule has 88 valence electrons. The molecule has 0 aliphatic rings. The van der Waals surface area contributed by atoms with Crippen LogP contribution in [0.4, 0.5) is 5.69 Å². The van der Waals surface area contributed by atoms with Crippen molar-refractivity contribution >= 4 is 5.69 Å². The lowest BCUT2D eigenvalue weighted by atomic mass is 10.1. The van der Waals surface area contributed by atoms with Crippen LogP contribution in [0, 0.1) is 13.8 Å². The molecular formula is C16H19N. The van der Waals surface area contributed by atoms with Crippen LogP contribution >= 0.6 is 0 Å². The van der Waals surface area contributed by atoms with Gasteiger partial charge in [0.2, 0.25) is 0 Å². The molecule has 0 bridgehead atoms. The molecule has 0 aliphatic heterocycles. The SMILES string of the molecule is Cc1ccc(CCNc2ccc(C)cc2)cc1. The Kier molecular flexibility index (Phi) is 3.81. The molecule has 1 heteroatoms. The standard InChI is InChI=1S/C16H19N/c1-13-3-7-15(8-4-13)11-12-17-16-9-5-14(2)6-10-16/h3-10,17H,11-12H2,1-2H3. The van der Waals surface area contributed by atoms with Crippen molar-refractivity contribution in [2.24, 2.45) is 0 Å². The van der Waals surface area contributed by atoms with Gasteiger partial charge in [0.05, 0.1) is 0 Å². The maximum absolute atomic E-state index is 3.43. The fraction of sp³-hybridized carbons (Fsp3) is 0.250. The largest absolute Gasteiger partial charge is 0.385 e. The van der Waals surface area contributed by atoms with E-state index in [1.54, 1.807) is 0 Å². The summed E-state index contributed by atoms with van der Waals surface area (Å²) in [5.41, 5.74) is 5.20. The highest BCUT2D eigenvalue weighted by Gasteiger charge is 1.94. The number of aryl methyl sites for hydroxylation is 2. The topological polar surface area (TPSA) is 12.0 Å². The van der Waals surface area contributed by atoms with Crippen LogP contribution in [0.25, 0.3) is 0 Å². The highest BCUT2D eigenvalue weighted by atomic mass is 14.9. The van der Waals surface area contributed by atoms with Gasteiger partial charge in [0.1, 0.15) is 0 Å². The second-order valence-corrected chi connectivity index (χ2v) is 4.53. The third-order valence-corrected chi connectivity index (χ3v) is 2.91. The van der Waals surface area contributed by atoms with Crippen molar-refractivity contribution in [1.29, 1.82) is 0 Å². The Bertz CT molecular complexity index is 408. The van der Waals surface area contributed by atoms with Crippen LogP contribution in [0.1, 0.15) is 16.7 Å². The molecule has 2 aromatic carbocycles. The highest BCUT2D eigenvalue weighted by Crippen LogP contribution is 2.09. The summed E-state index contributed by atoms with van der Waals surface area (Å²) in [6, 6.07) is 17.3. The van der Waals surface area contributed by atoms with Gasteiger partial charge in [0.15, 0.2) is 0 Å². The molecule has 0 saturated heterocycles. The molecule has 1 N–H and O–H groups in total. The van der Waals surface area contributed by atoms with Crippen LogP contribution in [-0.2, 0) is 6.42 Å². The molecule has 2 rings (SSSR count). The summed E-state index contributed by atoms with van der Waals surface area (Å²) in [5.74, 6) is 0. The van der Waals surface area contributed by atoms with E-state index >= 15 is 0 Å². The molecule has 0 radical (unpaired) electrons. The van der Waals surface area contributed by atoms with Gasteiger partial charge in [-0.1, -0.05) is 47.5 Å². The summed E-state index contributed by atoms with van der Waals surface area (Å²) in [5, 5.41) is 3.43. The first-order valence-electron chi connectivity index (χ1n) is 6.10. The van der Waals surface area contributed by atoms with E-state index < -0.39 is 0 Å². The molecule has 17 heavy (non-hydrogen) atoms. The fourth-order valence-electron chi connectivity index (χ4n) is 1.78. The van der Waals surface area contributed by atoms with Crippen molar-refractivity contribution < 1.29 is 0 Å². The lowest BCUT2D eigenvalue weighted by molar-refractivity contribution is 1.02. The number of anilines is 1. The summed E-state index contributed by atoms with van der Waals surface area (Å²) in [7, 11) is 0. The van der Waals surface area contributed by atoms with E-state index in [1.165, 1.54) is 22.4 Å². The van der Waals surface area contributed by atoms with Crippen molar-refractivity contribution in [3.05, 3.63) is 65.2 Å². The number of benzene rings is 2. The Morgan fingerprint density at radius 2 is 1.29 bits per heavy atom. The second-order valence-electron chi connectivity index (χ2n) is 4.53. The van der Waals surface area contributed by atoms with Gasteiger partial charge in [-0.3, -0.25) is 0 Å². The van der Waals surface area contributed by atoms with E-state index in [2.05, 4.69) is 67.7 Å². The summed E-state index contributed by atoms with van der Waals surface area (Å²) < 4.78 is 0. The van der Waals surface area contributed by atoms with Gasteiger partial charge >= 0.3 is 0 Å². The van der Waals surface area contributed by atoms with E-state index in [-0.39, 0.29) is 0 Å². The van der Waals surface area contributed by atoms with Crippen molar-refractivity contribution in [2.75, 3.05) is 11.9 Å². The first kappa shape index (κ1) is 11.7. The number of nitrogens with one attached hydrogen (secondary N) is 1. The zero-order chi connectivity index (χ0) is 12.1. The van der Waals surface area contributed by atoms with E-state index in [9.17, 15) is 0 Å². The van der Waals surface area contributed by atoms with Gasteiger partial charge in [-0.15, -0.1) is 0 Å². The summed E-state index contributed by atoms with van der Waals surface area (Å²) >= 11 is 0. The normalized spacial score (nSPS) is 10.2. The zero-order valence-electron chi connectivity index (χ0n) is 10.5. The Labute approximate surface area is 103 Å². The fourth-order valence-corrected chi connectivity index (χ4v) is 1.78. The van der Waals surface area contributed by atoms with Crippen LogP contribution in [0.2, 0.25) is 0 Å². The average Bonchev–Trinajstić information content (AvgIpc) is 2.34. The monoisotopic (exact) mass is 225 g/mol. The summed E-state index contributed by atoms with van der Waals surface area (Å²) in [6.45, 7) is 5.20. The van der Waals surface area contributed by atoms with E-state index in [4.69, 9.17) is 0 Å². The highest BCUT2D eigenvalue weighted by molar-refractivity contribution is 5.44. The summed E-state index contributed by atoms with van der Waals surface area (Å²) in [6.07, 6.45) is 1.06. The quantitative estimate of drug-likeness (QED) is 0.830. The van der Waals surface area contributed by atoms with Gasteiger partial charge in [-0.2, -0.15) is 0 Å². The van der Waals surface area contributed by atoms with Crippen LogP contribution in [0.5, 0.6) is 0 Å². The van der Waals surface area contributed by atoms with Gasteiger partial charge in [0.25, 0.3) is 0 Å². The lowest BCUT2D eigenvalue weighted by Crippen LogP contribution is -2.04. The summed E-state index contributed by atoms with van der Waals surface area (Å²) in [4.78, 5) is 0. The second kappa shape index (κ2) is 5.53. The van der Waals surface area contributed by atoms with Crippen molar-refractivity contribution in [2.45, 2.75) is 20.3 Å². The van der Waals surface area contributed by atoms with E-state index in [1.807, 2.05) is 0 Å². The van der Waals surface area contributed by atoms with Crippen LogP contribution in [-0.4, -0.2) is 6.54 Å². The van der Waals surface area contributed by atoms with Crippen LogP contribution in [0.3, 0.4) is 0 Å². The molecule has 1 nitrogen and oxygen atoms in total. The van der Waals surface area contributed by atoms with Crippen molar-refractivity contribution in [3.63, 3.8) is 0 Å². The molecule has 0 fully saturated rings. The molecule has 0 unspecified atom stereocenters. The molecule has 0 atom stereocenters. The Hall–Kier alpha value is -1.76. The minimum absolute atomic E-state index is 0.978. The van der Waals surface area contributed by atoms with Gasteiger partial charge < -0.3 is 5.32 Å². The van der Waals surface area contributed by atoms with Crippen LogP contribution < -0.4 is 5.32 Å². The van der Waals surface area contributed by atoms with Crippen LogP contribution in [0.15, 0.2) is 48.5 Å². The Morgan fingerprint density at radius 1 is 0.765 bits per heavy atom. The van der Waals surface area contributed by atoms with E-state index in [0.717, 1.165) is 13.0 Å². The lowest BCUT2D eigenvalue weighted by Gasteiger charge is -2.07. The Morgan fingerprint density at radius 3 is 1.88 bits per heavy atom. The minimum Gasteiger partial charge on any atom is -0.385 e. The maximum atomic E-state index is 3.43. The maximum Gasteiger partial charge on any atom is 0.0340 e. The minimum atomic E-state index is 0.978. The van der Waals surface area contributed by atoms with Crippen molar-refractivity contribution in [3.8, 4) is 0 Å². The molecule has 0 spiro atoms. The van der Waals surface area contributed by atoms with Crippen molar-refractivity contribution in [1.82, 2.24) is 0 Å². The average molecular weight is 225 g/mol. The molecule has 0 aromatic heterocycles. The third-order valence-electron chi connectivity index (χ3n) is 2.91. The molecule has 2 aromatic rings. The molecular weight excluding hydrogens is 206 g/mol. The molecule has 0 saturated carbocycles. The first-order valence-corrected chi connectivity index (χ1v) is 6.10. The van der Waals surface area contributed by atoms with Gasteiger partial charge in [-0.05, 0) is 38.0 Å². The predicted molar refractivity (Wildman–Crippen MR) is 74.6 cm³/mol. The van der Waals surface area contributed by atoms with E-state index in [0.29, 0.717) is 0 Å².